The second kappa shape index (κ2) is 6.97. The van der Waals surface area contributed by atoms with Crippen molar-refractivity contribution in [2.45, 2.75) is 32.4 Å². The molecule has 24 heavy (non-hydrogen) atoms. The number of likely N-dealkylation sites (tertiary alicyclic amines) is 1. The fourth-order valence-corrected chi connectivity index (χ4v) is 3.29. The molecule has 2 aromatic heterocycles. The second-order valence-electron chi connectivity index (χ2n) is 6.26. The van der Waals surface area contributed by atoms with Crippen LogP contribution in [0.15, 0.2) is 41.6 Å². The molecule has 1 N–H and O–H groups in total. The first kappa shape index (κ1) is 16.4. The lowest BCUT2D eigenvalue weighted by Crippen LogP contribution is -2.38. The molecule has 2 aromatic rings. The van der Waals surface area contributed by atoms with Gasteiger partial charge in [-0.15, -0.1) is 0 Å². The molecule has 0 radical (unpaired) electrons. The lowest BCUT2D eigenvalue weighted by atomic mass is 10.0. The normalized spacial score (nSPS) is 16.2. The van der Waals surface area contributed by atoms with Crippen LogP contribution in [0.3, 0.4) is 0 Å². The van der Waals surface area contributed by atoms with Crippen LogP contribution in [0.25, 0.3) is 0 Å². The van der Waals surface area contributed by atoms with E-state index in [1.165, 1.54) is 5.56 Å². The van der Waals surface area contributed by atoms with Gasteiger partial charge < -0.3 is 9.67 Å². The van der Waals surface area contributed by atoms with Crippen LogP contribution < -0.4 is 5.56 Å². The van der Waals surface area contributed by atoms with Gasteiger partial charge in [-0.2, -0.15) is 0 Å². The first-order valence-corrected chi connectivity index (χ1v) is 8.12. The third kappa shape index (κ3) is 3.38. The van der Waals surface area contributed by atoms with Gasteiger partial charge >= 0.3 is 5.97 Å². The van der Waals surface area contributed by atoms with E-state index in [4.69, 9.17) is 0 Å². The average molecular weight is 327 g/mol. The van der Waals surface area contributed by atoms with Crippen LogP contribution in [0.2, 0.25) is 0 Å². The van der Waals surface area contributed by atoms with Crippen molar-refractivity contribution in [1.29, 1.82) is 0 Å². The van der Waals surface area contributed by atoms with Crippen molar-refractivity contribution in [3.63, 3.8) is 0 Å². The molecular formula is C18H21N3O3. The lowest BCUT2D eigenvalue weighted by Gasteiger charge is -2.33. The predicted octanol–water partition coefficient (Wildman–Crippen LogP) is 2.09. The number of hydrogen-bond acceptors (Lipinski definition) is 4. The zero-order chi connectivity index (χ0) is 17.1. The molecule has 6 heteroatoms. The van der Waals surface area contributed by atoms with E-state index in [1.54, 1.807) is 30.0 Å². The first-order valence-electron chi connectivity index (χ1n) is 8.12. The number of carbonyl (C=O) groups is 1. The molecular weight excluding hydrogens is 306 g/mol. The summed E-state index contributed by atoms with van der Waals surface area (Å²) in [5.41, 5.74) is 1.18. The predicted molar refractivity (Wildman–Crippen MR) is 90.2 cm³/mol. The summed E-state index contributed by atoms with van der Waals surface area (Å²) in [6.45, 7) is 4.26. The number of pyridine rings is 2. The number of rotatable bonds is 4. The summed E-state index contributed by atoms with van der Waals surface area (Å²) in [6, 6.07) is 5.76. The monoisotopic (exact) mass is 327 g/mol. The number of piperidine rings is 1. The lowest BCUT2D eigenvalue weighted by molar-refractivity contribution is 0.0692. The highest BCUT2D eigenvalue weighted by molar-refractivity contribution is 5.88. The summed E-state index contributed by atoms with van der Waals surface area (Å²) in [5, 5.41) is 9.25. The fourth-order valence-electron chi connectivity index (χ4n) is 3.29. The van der Waals surface area contributed by atoms with Crippen LogP contribution >= 0.6 is 0 Å². The molecule has 0 aromatic carbocycles. The molecule has 0 atom stereocenters. The van der Waals surface area contributed by atoms with Crippen LogP contribution in [0.4, 0.5) is 0 Å². The Morgan fingerprint density at radius 2 is 2.08 bits per heavy atom. The van der Waals surface area contributed by atoms with Gasteiger partial charge in [0, 0.05) is 44.3 Å². The smallest absolute Gasteiger partial charge is 0.341 e. The Hall–Kier alpha value is -2.47. The average Bonchev–Trinajstić information content (AvgIpc) is 2.57. The Kier molecular flexibility index (Phi) is 4.76. The third-order valence-corrected chi connectivity index (χ3v) is 4.62. The molecule has 1 aliphatic heterocycles. The SMILES string of the molecule is Cc1ccn(C2CCN(Cc3cccnc3)CC2)c(=O)c1C(=O)O. The van der Waals surface area contributed by atoms with Crippen LogP contribution in [-0.4, -0.2) is 38.6 Å². The van der Waals surface area contributed by atoms with E-state index in [0.717, 1.165) is 32.5 Å². The van der Waals surface area contributed by atoms with E-state index in [1.807, 2.05) is 12.3 Å². The molecule has 0 aliphatic carbocycles. The molecule has 126 valence electrons. The zero-order valence-corrected chi connectivity index (χ0v) is 13.7. The van der Waals surface area contributed by atoms with Crippen molar-refractivity contribution in [2.24, 2.45) is 0 Å². The number of hydrogen-bond donors (Lipinski definition) is 1. The van der Waals surface area contributed by atoms with Crippen molar-refractivity contribution < 1.29 is 9.90 Å². The molecule has 1 aliphatic rings. The van der Waals surface area contributed by atoms with Gasteiger partial charge in [0.1, 0.15) is 5.56 Å². The highest BCUT2D eigenvalue weighted by atomic mass is 16.4. The number of aromatic carboxylic acids is 1. The molecule has 0 spiro atoms. The summed E-state index contributed by atoms with van der Waals surface area (Å²) < 4.78 is 1.60. The minimum Gasteiger partial charge on any atom is -0.477 e. The first-order chi connectivity index (χ1) is 11.6. The number of carboxylic acid groups (broad SMARTS) is 1. The van der Waals surface area contributed by atoms with Crippen LogP contribution in [0.1, 0.15) is 40.4 Å². The number of aromatic nitrogens is 2. The largest absolute Gasteiger partial charge is 0.477 e. The second-order valence-corrected chi connectivity index (χ2v) is 6.26. The van der Waals surface area contributed by atoms with E-state index in [-0.39, 0.29) is 11.6 Å². The summed E-state index contributed by atoms with van der Waals surface area (Å²) in [4.78, 5) is 30.2. The molecule has 0 bridgehead atoms. The fraction of sp³-hybridized carbons (Fsp3) is 0.389. The molecule has 0 saturated carbocycles. The Morgan fingerprint density at radius 1 is 1.33 bits per heavy atom. The van der Waals surface area contributed by atoms with Crippen LogP contribution in [0.5, 0.6) is 0 Å². The van der Waals surface area contributed by atoms with Gasteiger partial charge in [0.25, 0.3) is 5.56 Å². The quantitative estimate of drug-likeness (QED) is 0.930. The van der Waals surface area contributed by atoms with Gasteiger partial charge in [-0.1, -0.05) is 6.07 Å². The number of aryl methyl sites for hydroxylation is 1. The Balaban J connectivity index is 1.70. The van der Waals surface area contributed by atoms with Crippen LogP contribution in [-0.2, 0) is 6.54 Å². The highest BCUT2D eigenvalue weighted by Gasteiger charge is 2.23. The molecule has 1 saturated heterocycles. The maximum atomic E-state index is 12.5. The van der Waals surface area contributed by atoms with Gasteiger partial charge in [0.2, 0.25) is 0 Å². The van der Waals surface area contributed by atoms with Gasteiger partial charge in [-0.25, -0.2) is 4.79 Å². The van der Waals surface area contributed by atoms with Crippen molar-refractivity contribution in [3.8, 4) is 0 Å². The zero-order valence-electron chi connectivity index (χ0n) is 13.7. The van der Waals surface area contributed by atoms with E-state index in [2.05, 4.69) is 16.0 Å². The Morgan fingerprint density at radius 3 is 2.71 bits per heavy atom. The number of carboxylic acids is 1. The topological polar surface area (TPSA) is 75.4 Å². The summed E-state index contributed by atoms with van der Waals surface area (Å²) in [7, 11) is 0. The highest BCUT2D eigenvalue weighted by Crippen LogP contribution is 2.22. The van der Waals surface area contributed by atoms with E-state index >= 15 is 0 Å². The maximum absolute atomic E-state index is 12.5. The molecule has 6 nitrogen and oxygen atoms in total. The standard InChI is InChI=1S/C18H21N3O3/c1-13-4-10-21(17(22)16(13)18(23)24)15-5-8-20(9-6-15)12-14-3-2-7-19-11-14/h2-4,7,10-11,15H,5-6,8-9,12H2,1H3,(H,23,24). The molecule has 3 rings (SSSR count). The van der Waals surface area contributed by atoms with Crippen molar-refractivity contribution in [2.75, 3.05) is 13.1 Å². The van der Waals surface area contributed by atoms with Gasteiger partial charge in [0.15, 0.2) is 0 Å². The molecule has 3 heterocycles. The van der Waals surface area contributed by atoms with Crippen molar-refractivity contribution in [1.82, 2.24) is 14.5 Å². The molecule has 0 unspecified atom stereocenters. The minimum atomic E-state index is -1.15. The molecule has 0 amide bonds. The molecule has 1 fully saturated rings. The van der Waals surface area contributed by atoms with Crippen molar-refractivity contribution in [3.05, 3.63) is 63.8 Å². The van der Waals surface area contributed by atoms with Gasteiger partial charge in [-0.3, -0.25) is 14.7 Å². The van der Waals surface area contributed by atoms with E-state index in [0.29, 0.717) is 5.56 Å². The maximum Gasteiger partial charge on any atom is 0.341 e. The Bertz CT molecular complexity index is 778. The summed E-state index contributed by atoms with van der Waals surface area (Å²) in [6.07, 6.45) is 7.03. The minimum absolute atomic E-state index is 0.0568. The third-order valence-electron chi connectivity index (χ3n) is 4.62. The van der Waals surface area contributed by atoms with Crippen LogP contribution in [0, 0.1) is 6.92 Å². The summed E-state index contributed by atoms with van der Waals surface area (Å²) in [5.74, 6) is -1.15. The van der Waals surface area contributed by atoms with Crippen molar-refractivity contribution >= 4 is 5.97 Å². The van der Waals surface area contributed by atoms with Gasteiger partial charge in [-0.05, 0) is 43.0 Å². The van der Waals surface area contributed by atoms with E-state index in [9.17, 15) is 14.7 Å². The Labute approximate surface area is 140 Å². The summed E-state index contributed by atoms with van der Waals surface area (Å²) >= 11 is 0. The number of nitrogens with zero attached hydrogens (tertiary/aromatic N) is 3. The van der Waals surface area contributed by atoms with Gasteiger partial charge in [0.05, 0.1) is 0 Å². The van der Waals surface area contributed by atoms with E-state index < -0.39 is 11.5 Å².